The van der Waals surface area contributed by atoms with Gasteiger partial charge in [0.15, 0.2) is 0 Å². The number of hydrogen-bond acceptors (Lipinski definition) is 3. The highest BCUT2D eigenvalue weighted by Gasteiger charge is 2.40. The summed E-state index contributed by atoms with van der Waals surface area (Å²) in [5.41, 5.74) is -0.804. The number of carbonyl (C=O) groups is 1. The van der Waals surface area contributed by atoms with Gasteiger partial charge in [0.2, 0.25) is 0 Å². The van der Waals surface area contributed by atoms with Gasteiger partial charge in [0.25, 0.3) is 0 Å². The molecule has 0 saturated heterocycles. The van der Waals surface area contributed by atoms with E-state index in [1.54, 1.807) is 0 Å². The molecule has 3 unspecified atom stereocenters. The van der Waals surface area contributed by atoms with Crippen molar-refractivity contribution < 1.29 is 9.90 Å². The van der Waals surface area contributed by atoms with Gasteiger partial charge < -0.3 is 5.11 Å². The Hall–Kier alpha value is -0.610. The summed E-state index contributed by atoms with van der Waals surface area (Å²) in [7, 11) is 0. The summed E-state index contributed by atoms with van der Waals surface area (Å²) in [4.78, 5) is 14.0. The van der Waals surface area contributed by atoms with Crippen molar-refractivity contribution in [3.63, 3.8) is 0 Å². The van der Waals surface area contributed by atoms with Crippen LogP contribution in [-0.2, 0) is 4.79 Å². The second-order valence-electron chi connectivity index (χ2n) is 6.20. The van der Waals surface area contributed by atoms with Gasteiger partial charge in [-0.2, -0.15) is 0 Å². The molecule has 0 spiro atoms. The van der Waals surface area contributed by atoms with E-state index in [2.05, 4.69) is 37.9 Å². The summed E-state index contributed by atoms with van der Waals surface area (Å²) >= 11 is 0. The normalized spacial score (nSPS) is 22.0. The van der Waals surface area contributed by atoms with Crippen LogP contribution in [0, 0.1) is 0 Å². The lowest BCUT2D eigenvalue weighted by Gasteiger charge is -2.38. The van der Waals surface area contributed by atoms with Crippen molar-refractivity contribution in [3.8, 4) is 0 Å². The van der Waals surface area contributed by atoms with Crippen molar-refractivity contribution in [2.75, 3.05) is 6.54 Å². The maximum atomic E-state index is 11.6. The predicted molar refractivity (Wildman–Crippen MR) is 78.4 cm³/mol. The summed E-state index contributed by atoms with van der Waals surface area (Å²) < 4.78 is 0. The van der Waals surface area contributed by atoms with Crippen molar-refractivity contribution in [1.82, 2.24) is 10.2 Å². The number of nitrogens with zero attached hydrogens (tertiary/aromatic N) is 1. The zero-order valence-electron chi connectivity index (χ0n) is 13.1. The standard InChI is InChI=1S/C15H30N2O2/c1-6-11(3)17(7-2)12(4)10-15(5,14(18)19)16-13-8-9-13/h11-13,16H,6-10H2,1-5H3,(H,18,19). The largest absolute Gasteiger partial charge is 0.480 e. The summed E-state index contributed by atoms with van der Waals surface area (Å²) in [6.07, 6.45) is 3.97. The quantitative estimate of drug-likeness (QED) is 0.676. The number of rotatable bonds is 9. The summed E-state index contributed by atoms with van der Waals surface area (Å²) in [5.74, 6) is -0.730. The molecule has 1 saturated carbocycles. The van der Waals surface area contributed by atoms with Crippen LogP contribution in [0.5, 0.6) is 0 Å². The Labute approximate surface area is 117 Å². The van der Waals surface area contributed by atoms with Crippen molar-refractivity contribution >= 4 is 5.97 Å². The predicted octanol–water partition coefficient (Wildman–Crippen LogP) is 2.48. The molecule has 4 heteroatoms. The average Bonchev–Trinajstić information content (AvgIpc) is 3.12. The molecule has 1 aliphatic carbocycles. The minimum Gasteiger partial charge on any atom is -0.480 e. The smallest absolute Gasteiger partial charge is 0.323 e. The van der Waals surface area contributed by atoms with E-state index in [9.17, 15) is 9.90 Å². The molecule has 2 N–H and O–H groups in total. The number of nitrogens with one attached hydrogen (secondary N) is 1. The Kier molecular flexibility index (Phi) is 5.81. The highest BCUT2D eigenvalue weighted by atomic mass is 16.4. The summed E-state index contributed by atoms with van der Waals surface area (Å²) in [6.45, 7) is 11.5. The molecule has 19 heavy (non-hydrogen) atoms. The number of carboxylic acids is 1. The first kappa shape index (κ1) is 16.4. The van der Waals surface area contributed by atoms with E-state index < -0.39 is 11.5 Å². The third kappa shape index (κ3) is 4.46. The van der Waals surface area contributed by atoms with E-state index in [-0.39, 0.29) is 6.04 Å². The first-order valence-electron chi connectivity index (χ1n) is 7.60. The lowest BCUT2D eigenvalue weighted by atomic mass is 9.92. The summed E-state index contributed by atoms with van der Waals surface area (Å²) in [6, 6.07) is 1.18. The SMILES string of the molecule is CCC(C)N(CC)C(C)CC(C)(NC1CC1)C(=O)O. The molecule has 1 rings (SSSR count). The minimum atomic E-state index is -0.804. The van der Waals surface area contributed by atoms with Gasteiger partial charge in [-0.3, -0.25) is 15.0 Å². The molecule has 0 amide bonds. The molecule has 112 valence electrons. The lowest BCUT2D eigenvalue weighted by Crippen LogP contribution is -2.55. The summed E-state index contributed by atoms with van der Waals surface area (Å²) in [5, 5.41) is 12.8. The average molecular weight is 270 g/mol. The van der Waals surface area contributed by atoms with Crippen molar-refractivity contribution in [2.24, 2.45) is 0 Å². The Morgan fingerprint density at radius 1 is 1.37 bits per heavy atom. The van der Waals surface area contributed by atoms with Gasteiger partial charge in [0, 0.05) is 18.1 Å². The monoisotopic (exact) mass is 270 g/mol. The highest BCUT2D eigenvalue weighted by molar-refractivity contribution is 5.78. The third-order valence-electron chi connectivity index (χ3n) is 4.36. The van der Waals surface area contributed by atoms with Gasteiger partial charge in [0.1, 0.15) is 5.54 Å². The molecular formula is C15H30N2O2. The number of hydrogen-bond donors (Lipinski definition) is 2. The fourth-order valence-electron chi connectivity index (χ4n) is 2.89. The van der Waals surface area contributed by atoms with Gasteiger partial charge >= 0.3 is 5.97 Å². The molecule has 4 nitrogen and oxygen atoms in total. The van der Waals surface area contributed by atoms with E-state index in [0.717, 1.165) is 25.8 Å². The zero-order chi connectivity index (χ0) is 14.6. The third-order valence-corrected chi connectivity index (χ3v) is 4.36. The van der Waals surface area contributed by atoms with E-state index in [0.29, 0.717) is 18.5 Å². The molecule has 0 radical (unpaired) electrons. The lowest BCUT2D eigenvalue weighted by molar-refractivity contribution is -0.145. The Bertz CT molecular complexity index is 305. The highest BCUT2D eigenvalue weighted by Crippen LogP contribution is 2.26. The second-order valence-corrected chi connectivity index (χ2v) is 6.20. The van der Waals surface area contributed by atoms with Crippen molar-refractivity contribution in [2.45, 2.75) is 84.0 Å². The fraction of sp³-hybridized carbons (Fsp3) is 0.933. The molecule has 3 atom stereocenters. The molecule has 1 fully saturated rings. The van der Waals surface area contributed by atoms with Gasteiger partial charge in [-0.25, -0.2) is 0 Å². The maximum absolute atomic E-state index is 11.6. The first-order chi connectivity index (χ1) is 8.84. The van der Waals surface area contributed by atoms with Gasteiger partial charge in [0.05, 0.1) is 0 Å². The molecule has 0 aliphatic heterocycles. The van der Waals surface area contributed by atoms with Crippen LogP contribution in [0.1, 0.15) is 60.3 Å². The van der Waals surface area contributed by atoms with Crippen molar-refractivity contribution in [3.05, 3.63) is 0 Å². The van der Waals surface area contributed by atoms with E-state index in [1.165, 1.54) is 0 Å². The second kappa shape index (κ2) is 6.71. The van der Waals surface area contributed by atoms with Crippen LogP contribution in [0.25, 0.3) is 0 Å². The van der Waals surface area contributed by atoms with Crippen LogP contribution < -0.4 is 5.32 Å². The molecule has 0 aromatic rings. The molecule has 0 bridgehead atoms. The Balaban J connectivity index is 2.68. The van der Waals surface area contributed by atoms with E-state index >= 15 is 0 Å². The van der Waals surface area contributed by atoms with Crippen LogP contribution in [0.3, 0.4) is 0 Å². The zero-order valence-corrected chi connectivity index (χ0v) is 13.1. The van der Waals surface area contributed by atoms with Gasteiger partial charge in [-0.1, -0.05) is 13.8 Å². The van der Waals surface area contributed by atoms with Crippen LogP contribution >= 0.6 is 0 Å². The Morgan fingerprint density at radius 3 is 2.32 bits per heavy atom. The minimum absolute atomic E-state index is 0.271. The fourth-order valence-corrected chi connectivity index (χ4v) is 2.89. The van der Waals surface area contributed by atoms with E-state index in [1.807, 2.05) is 6.92 Å². The van der Waals surface area contributed by atoms with Crippen LogP contribution in [0.15, 0.2) is 0 Å². The molecule has 0 aromatic carbocycles. The Morgan fingerprint density at radius 2 is 1.95 bits per heavy atom. The number of aliphatic carboxylic acids is 1. The molecule has 0 heterocycles. The maximum Gasteiger partial charge on any atom is 0.323 e. The van der Waals surface area contributed by atoms with Crippen LogP contribution in [0.4, 0.5) is 0 Å². The molecule has 1 aliphatic rings. The first-order valence-corrected chi connectivity index (χ1v) is 7.60. The van der Waals surface area contributed by atoms with Crippen molar-refractivity contribution in [1.29, 1.82) is 0 Å². The van der Waals surface area contributed by atoms with Gasteiger partial charge in [-0.05, 0) is 53.0 Å². The topological polar surface area (TPSA) is 52.6 Å². The molecule has 0 aromatic heterocycles. The van der Waals surface area contributed by atoms with Gasteiger partial charge in [-0.15, -0.1) is 0 Å². The molecular weight excluding hydrogens is 240 g/mol. The number of carboxylic acid groups (broad SMARTS) is 1. The van der Waals surface area contributed by atoms with Crippen LogP contribution in [0.2, 0.25) is 0 Å². The van der Waals surface area contributed by atoms with E-state index in [4.69, 9.17) is 0 Å². The van der Waals surface area contributed by atoms with Crippen LogP contribution in [-0.4, -0.2) is 46.2 Å².